The second kappa shape index (κ2) is 9.04. The summed E-state index contributed by atoms with van der Waals surface area (Å²) in [7, 11) is 2.84. The number of methoxy groups -OCH3 is 2. The van der Waals surface area contributed by atoms with E-state index < -0.39 is 29.6 Å². The lowest BCUT2D eigenvalue weighted by Gasteiger charge is -2.27. The number of benzene rings is 2. The highest BCUT2D eigenvalue weighted by Crippen LogP contribution is 2.40. The normalized spacial score (nSPS) is 16.1. The van der Waals surface area contributed by atoms with Gasteiger partial charge in [-0.1, -0.05) is 38.1 Å². The van der Waals surface area contributed by atoms with E-state index in [1.807, 2.05) is 0 Å². The molecule has 2 aromatic carbocycles. The van der Waals surface area contributed by atoms with Crippen LogP contribution in [0.1, 0.15) is 41.4 Å². The summed E-state index contributed by atoms with van der Waals surface area (Å²) in [6.45, 7) is 3.59. The first-order valence-corrected chi connectivity index (χ1v) is 9.88. The molecule has 1 N–H and O–H groups in total. The van der Waals surface area contributed by atoms with Crippen LogP contribution in [-0.2, 0) is 20.9 Å². The summed E-state index contributed by atoms with van der Waals surface area (Å²) in [6.07, 6.45) is 0. The predicted molar refractivity (Wildman–Crippen MR) is 114 cm³/mol. The van der Waals surface area contributed by atoms with Gasteiger partial charge in [-0.15, -0.1) is 0 Å². The lowest BCUT2D eigenvalue weighted by molar-refractivity contribution is -0.130. The molecule has 162 valence electrons. The van der Waals surface area contributed by atoms with Crippen molar-refractivity contribution in [2.24, 2.45) is 5.92 Å². The molecule has 0 bridgehead atoms. The van der Waals surface area contributed by atoms with E-state index in [2.05, 4.69) is 0 Å². The average Bonchev–Trinajstić information content (AvgIpc) is 3.03. The Labute approximate surface area is 180 Å². The number of aliphatic hydroxyl groups is 1. The number of carbonyl (C=O) groups is 3. The van der Waals surface area contributed by atoms with Crippen molar-refractivity contribution in [3.63, 3.8) is 0 Å². The number of carbonyl (C=O) groups excluding carboxylic acids is 3. The monoisotopic (exact) mass is 423 g/mol. The number of hydrogen-bond donors (Lipinski definition) is 1. The maximum Gasteiger partial charge on any atom is 0.337 e. The fourth-order valence-corrected chi connectivity index (χ4v) is 3.60. The van der Waals surface area contributed by atoms with E-state index in [9.17, 15) is 19.5 Å². The van der Waals surface area contributed by atoms with Crippen molar-refractivity contribution in [2.75, 3.05) is 14.2 Å². The van der Waals surface area contributed by atoms with Crippen LogP contribution in [0, 0.1) is 5.92 Å². The number of nitrogens with zero attached hydrogens (tertiary/aromatic N) is 1. The van der Waals surface area contributed by atoms with Gasteiger partial charge in [0.1, 0.15) is 5.75 Å². The standard InChI is InChI=1S/C24H25NO6/c1-14(2)21(26)19-20(17-6-5-7-18(12-17)30-3)25(23(28)22(19)27)13-15-8-10-16(11-9-15)24(29)31-4/h5-12,14,20,27H,13H2,1-4H3. The topological polar surface area (TPSA) is 93.1 Å². The molecule has 0 aromatic heterocycles. The Kier molecular flexibility index (Phi) is 6.44. The molecule has 1 heterocycles. The number of Topliss-reactive ketones (excluding diaryl/α,β-unsaturated/α-hetero) is 1. The molecule has 0 aliphatic carbocycles. The minimum absolute atomic E-state index is 0.0828. The summed E-state index contributed by atoms with van der Waals surface area (Å²) in [5.41, 5.74) is 1.87. The lowest BCUT2D eigenvalue weighted by Crippen LogP contribution is -2.31. The average molecular weight is 423 g/mol. The van der Waals surface area contributed by atoms with Crippen molar-refractivity contribution < 1.29 is 29.0 Å². The lowest BCUT2D eigenvalue weighted by atomic mass is 9.91. The summed E-state index contributed by atoms with van der Waals surface area (Å²) >= 11 is 0. The van der Waals surface area contributed by atoms with Crippen LogP contribution in [-0.4, -0.2) is 41.9 Å². The molecule has 1 amide bonds. The van der Waals surface area contributed by atoms with Crippen LogP contribution in [0.2, 0.25) is 0 Å². The summed E-state index contributed by atoms with van der Waals surface area (Å²) in [5.74, 6) is -1.71. The third-order valence-corrected chi connectivity index (χ3v) is 5.23. The van der Waals surface area contributed by atoms with Gasteiger partial charge >= 0.3 is 5.97 Å². The maximum absolute atomic E-state index is 13.0. The number of esters is 1. The molecule has 0 fully saturated rings. The number of ether oxygens (including phenoxy) is 2. The van der Waals surface area contributed by atoms with Crippen molar-refractivity contribution in [3.05, 3.63) is 76.6 Å². The van der Waals surface area contributed by atoms with Gasteiger partial charge in [0.15, 0.2) is 11.5 Å². The molecular formula is C24H25NO6. The number of hydrogen-bond acceptors (Lipinski definition) is 6. The van der Waals surface area contributed by atoms with Gasteiger partial charge in [-0.3, -0.25) is 9.59 Å². The molecular weight excluding hydrogens is 398 g/mol. The second-order valence-corrected chi connectivity index (χ2v) is 7.58. The van der Waals surface area contributed by atoms with Gasteiger partial charge in [0.05, 0.1) is 31.4 Å². The molecule has 0 saturated carbocycles. The summed E-state index contributed by atoms with van der Waals surface area (Å²) in [6, 6.07) is 13.0. The molecule has 31 heavy (non-hydrogen) atoms. The first-order chi connectivity index (χ1) is 14.8. The molecule has 1 aliphatic heterocycles. The summed E-state index contributed by atoms with van der Waals surface area (Å²) < 4.78 is 10.0. The van der Waals surface area contributed by atoms with E-state index in [0.717, 1.165) is 5.56 Å². The Morgan fingerprint density at radius 1 is 1.10 bits per heavy atom. The van der Waals surface area contributed by atoms with E-state index in [-0.39, 0.29) is 17.9 Å². The molecule has 1 unspecified atom stereocenters. The molecule has 0 radical (unpaired) electrons. The van der Waals surface area contributed by atoms with Gasteiger partial charge in [-0.2, -0.15) is 0 Å². The molecule has 7 nitrogen and oxygen atoms in total. The number of aliphatic hydroxyl groups excluding tert-OH is 1. The van der Waals surface area contributed by atoms with Crippen LogP contribution in [0.3, 0.4) is 0 Å². The Bertz CT molecular complexity index is 1040. The van der Waals surface area contributed by atoms with E-state index >= 15 is 0 Å². The van der Waals surface area contributed by atoms with Gasteiger partial charge in [-0.25, -0.2) is 4.79 Å². The largest absolute Gasteiger partial charge is 0.503 e. The summed E-state index contributed by atoms with van der Waals surface area (Å²) in [4.78, 5) is 39.0. The van der Waals surface area contributed by atoms with Gasteiger partial charge in [0.2, 0.25) is 0 Å². The number of amides is 1. The molecule has 1 atom stereocenters. The fourth-order valence-electron chi connectivity index (χ4n) is 3.60. The van der Waals surface area contributed by atoms with Gasteiger partial charge < -0.3 is 19.5 Å². The SMILES string of the molecule is COC(=O)c1ccc(CN2C(=O)C(O)=C(C(=O)C(C)C)C2c2cccc(OC)c2)cc1. The highest BCUT2D eigenvalue weighted by atomic mass is 16.5. The van der Waals surface area contributed by atoms with Crippen molar-refractivity contribution >= 4 is 17.7 Å². The highest BCUT2D eigenvalue weighted by molar-refractivity contribution is 6.09. The molecule has 3 rings (SSSR count). The number of ketones is 1. The van der Waals surface area contributed by atoms with Crippen molar-refractivity contribution in [2.45, 2.75) is 26.4 Å². The van der Waals surface area contributed by atoms with Gasteiger partial charge in [0.25, 0.3) is 5.91 Å². The zero-order chi connectivity index (χ0) is 22.7. The zero-order valence-electron chi connectivity index (χ0n) is 17.9. The quantitative estimate of drug-likeness (QED) is 0.684. The molecule has 1 aliphatic rings. The van der Waals surface area contributed by atoms with Crippen molar-refractivity contribution in [1.29, 1.82) is 0 Å². The van der Waals surface area contributed by atoms with Crippen LogP contribution in [0.15, 0.2) is 59.9 Å². The van der Waals surface area contributed by atoms with Crippen LogP contribution in [0.4, 0.5) is 0 Å². The zero-order valence-corrected chi connectivity index (χ0v) is 17.9. The predicted octanol–water partition coefficient (Wildman–Crippen LogP) is 3.60. The van der Waals surface area contributed by atoms with Crippen LogP contribution < -0.4 is 4.74 Å². The minimum Gasteiger partial charge on any atom is -0.503 e. The minimum atomic E-state index is -0.752. The highest BCUT2D eigenvalue weighted by Gasteiger charge is 2.44. The Morgan fingerprint density at radius 2 is 1.77 bits per heavy atom. The third kappa shape index (κ3) is 4.30. The fraction of sp³-hybridized carbons (Fsp3) is 0.292. The second-order valence-electron chi connectivity index (χ2n) is 7.58. The molecule has 0 spiro atoms. The molecule has 0 saturated heterocycles. The molecule has 7 heteroatoms. The number of rotatable bonds is 7. The van der Waals surface area contributed by atoms with Crippen molar-refractivity contribution in [1.82, 2.24) is 4.90 Å². The first kappa shape index (κ1) is 22.1. The summed E-state index contributed by atoms with van der Waals surface area (Å²) in [5, 5.41) is 10.6. The Balaban J connectivity index is 2.02. The maximum atomic E-state index is 13.0. The van der Waals surface area contributed by atoms with E-state index in [0.29, 0.717) is 16.9 Å². The molecule has 2 aromatic rings. The van der Waals surface area contributed by atoms with E-state index in [4.69, 9.17) is 9.47 Å². The van der Waals surface area contributed by atoms with Gasteiger partial charge in [0, 0.05) is 12.5 Å². The van der Waals surface area contributed by atoms with Crippen LogP contribution >= 0.6 is 0 Å². The Hall–Kier alpha value is -3.61. The van der Waals surface area contributed by atoms with E-state index in [1.54, 1.807) is 62.4 Å². The Morgan fingerprint density at radius 3 is 2.35 bits per heavy atom. The third-order valence-electron chi connectivity index (χ3n) is 5.23. The van der Waals surface area contributed by atoms with E-state index in [1.165, 1.54) is 19.1 Å². The first-order valence-electron chi connectivity index (χ1n) is 9.88. The smallest absolute Gasteiger partial charge is 0.337 e. The van der Waals surface area contributed by atoms with Gasteiger partial charge in [-0.05, 0) is 35.4 Å². The van der Waals surface area contributed by atoms with Crippen molar-refractivity contribution in [3.8, 4) is 5.75 Å². The van der Waals surface area contributed by atoms with Crippen LogP contribution in [0.5, 0.6) is 5.75 Å². The van der Waals surface area contributed by atoms with Crippen LogP contribution in [0.25, 0.3) is 0 Å².